The van der Waals surface area contributed by atoms with Gasteiger partial charge in [0.15, 0.2) is 0 Å². The van der Waals surface area contributed by atoms with Gasteiger partial charge in [0.2, 0.25) is 0 Å². The Kier molecular flexibility index (Phi) is 3.71. The van der Waals surface area contributed by atoms with Gasteiger partial charge in [0.25, 0.3) is 0 Å². The van der Waals surface area contributed by atoms with Crippen molar-refractivity contribution in [3.05, 3.63) is 41.5 Å². The van der Waals surface area contributed by atoms with Crippen LogP contribution in [0, 0.1) is 12.7 Å². The molecule has 0 aliphatic heterocycles. The number of carboxylic acid groups (broad SMARTS) is 1. The Balaban J connectivity index is 2.37. The summed E-state index contributed by atoms with van der Waals surface area (Å²) in [7, 11) is 0. The zero-order valence-corrected chi connectivity index (χ0v) is 10.8. The maximum Gasteiger partial charge on any atom is 0.408 e. The number of alkyl halides is 3. The van der Waals surface area contributed by atoms with Gasteiger partial charge in [-0.05, 0) is 24.1 Å². The highest BCUT2D eigenvalue weighted by atomic mass is 19.4. The summed E-state index contributed by atoms with van der Waals surface area (Å²) in [6.07, 6.45) is -2.11. The molecule has 0 saturated carbocycles. The summed E-state index contributed by atoms with van der Waals surface area (Å²) in [6.45, 7) is 0.165. The van der Waals surface area contributed by atoms with Crippen LogP contribution in [0.4, 0.5) is 17.6 Å². The molecule has 8 heteroatoms. The van der Waals surface area contributed by atoms with E-state index in [0.29, 0.717) is 4.68 Å². The average molecular weight is 302 g/mol. The van der Waals surface area contributed by atoms with Gasteiger partial charge in [0.05, 0.1) is 11.8 Å². The number of nitrogens with zero attached hydrogens (tertiary/aromatic N) is 2. The molecule has 0 amide bonds. The summed E-state index contributed by atoms with van der Waals surface area (Å²) in [5.41, 5.74) is 0.268. The highest BCUT2D eigenvalue weighted by molar-refractivity contribution is 5.90. The molecule has 1 aromatic carbocycles. The van der Waals surface area contributed by atoms with Gasteiger partial charge in [-0.1, -0.05) is 6.07 Å². The van der Waals surface area contributed by atoms with Crippen LogP contribution in [-0.2, 0) is 6.54 Å². The minimum Gasteiger partial charge on any atom is -0.478 e. The smallest absolute Gasteiger partial charge is 0.408 e. The van der Waals surface area contributed by atoms with E-state index in [1.807, 2.05) is 0 Å². The van der Waals surface area contributed by atoms with Crippen molar-refractivity contribution in [1.82, 2.24) is 9.78 Å². The normalized spacial score (nSPS) is 11.7. The van der Waals surface area contributed by atoms with Crippen molar-refractivity contribution in [1.29, 1.82) is 0 Å². The maximum atomic E-state index is 13.7. The van der Waals surface area contributed by atoms with Gasteiger partial charge in [0, 0.05) is 11.8 Å². The van der Waals surface area contributed by atoms with Gasteiger partial charge < -0.3 is 5.11 Å². The van der Waals surface area contributed by atoms with E-state index < -0.39 is 30.1 Å². The first-order valence-electron chi connectivity index (χ1n) is 5.80. The fourth-order valence-electron chi connectivity index (χ4n) is 1.96. The lowest BCUT2D eigenvalue weighted by Crippen LogP contribution is -2.17. The van der Waals surface area contributed by atoms with E-state index >= 15 is 0 Å². The minimum absolute atomic E-state index is 0.182. The van der Waals surface area contributed by atoms with Crippen molar-refractivity contribution in [2.24, 2.45) is 0 Å². The topological polar surface area (TPSA) is 55.1 Å². The van der Waals surface area contributed by atoms with Crippen LogP contribution in [0.15, 0.2) is 24.5 Å². The van der Waals surface area contributed by atoms with Crippen LogP contribution in [0.5, 0.6) is 0 Å². The fraction of sp³-hybridized carbons (Fsp3) is 0.231. The molecule has 0 aliphatic carbocycles. The molecule has 0 aliphatic rings. The number of benzene rings is 1. The Hall–Kier alpha value is -2.38. The van der Waals surface area contributed by atoms with Crippen LogP contribution in [-0.4, -0.2) is 27.0 Å². The van der Waals surface area contributed by atoms with Crippen LogP contribution in [0.3, 0.4) is 0 Å². The summed E-state index contributed by atoms with van der Waals surface area (Å²) in [5, 5.41) is 12.4. The number of carbonyl (C=O) groups is 1. The van der Waals surface area contributed by atoms with Gasteiger partial charge in [-0.3, -0.25) is 4.68 Å². The minimum atomic E-state index is -4.41. The molecule has 0 radical (unpaired) electrons. The van der Waals surface area contributed by atoms with Crippen LogP contribution in [0.2, 0.25) is 0 Å². The van der Waals surface area contributed by atoms with Crippen molar-refractivity contribution < 1.29 is 27.5 Å². The number of carboxylic acids is 1. The first kappa shape index (κ1) is 15.0. The summed E-state index contributed by atoms with van der Waals surface area (Å²) in [4.78, 5) is 10.9. The van der Waals surface area contributed by atoms with Crippen LogP contribution in [0.25, 0.3) is 11.1 Å². The molecule has 4 nitrogen and oxygen atoms in total. The first-order valence-corrected chi connectivity index (χ1v) is 5.80. The number of aryl methyl sites for hydroxylation is 1. The second kappa shape index (κ2) is 5.19. The largest absolute Gasteiger partial charge is 0.478 e. The third-order valence-corrected chi connectivity index (χ3v) is 2.81. The van der Waals surface area contributed by atoms with Gasteiger partial charge >= 0.3 is 12.1 Å². The Labute approximate surface area is 116 Å². The Morgan fingerprint density at radius 2 is 2.00 bits per heavy atom. The molecule has 1 N–H and O–H groups in total. The average Bonchev–Trinajstić information content (AvgIpc) is 2.73. The quantitative estimate of drug-likeness (QED) is 0.885. The molecule has 1 heterocycles. The van der Waals surface area contributed by atoms with Crippen LogP contribution in [0.1, 0.15) is 15.9 Å². The third kappa shape index (κ3) is 3.39. The molecule has 21 heavy (non-hydrogen) atoms. The van der Waals surface area contributed by atoms with E-state index in [4.69, 9.17) is 5.11 Å². The number of halogens is 4. The second-order valence-electron chi connectivity index (χ2n) is 4.50. The second-order valence-corrected chi connectivity index (χ2v) is 4.50. The number of hydrogen-bond acceptors (Lipinski definition) is 2. The van der Waals surface area contributed by atoms with E-state index in [0.717, 1.165) is 12.3 Å². The van der Waals surface area contributed by atoms with Gasteiger partial charge in [-0.25, -0.2) is 9.18 Å². The summed E-state index contributed by atoms with van der Waals surface area (Å²) in [6, 6.07) is 2.35. The van der Waals surface area contributed by atoms with Gasteiger partial charge in [0.1, 0.15) is 12.4 Å². The maximum absolute atomic E-state index is 13.7. The molecule has 0 unspecified atom stereocenters. The predicted octanol–water partition coefficient (Wildman–Crippen LogP) is 3.26. The van der Waals surface area contributed by atoms with E-state index in [1.54, 1.807) is 0 Å². The lowest BCUT2D eigenvalue weighted by atomic mass is 10.0. The van der Waals surface area contributed by atoms with Crippen LogP contribution >= 0.6 is 0 Å². The molecule has 0 bridgehead atoms. The summed E-state index contributed by atoms with van der Waals surface area (Å²) >= 11 is 0. The zero-order chi connectivity index (χ0) is 15.8. The summed E-state index contributed by atoms with van der Waals surface area (Å²) < 4.78 is 51.1. The van der Waals surface area contributed by atoms with E-state index in [-0.39, 0.29) is 16.7 Å². The fourth-order valence-corrected chi connectivity index (χ4v) is 1.96. The highest BCUT2D eigenvalue weighted by Gasteiger charge is 2.28. The summed E-state index contributed by atoms with van der Waals surface area (Å²) in [5.74, 6) is -2.34. The molecule has 1 aromatic heterocycles. The monoisotopic (exact) mass is 302 g/mol. The lowest BCUT2D eigenvalue weighted by molar-refractivity contribution is -0.142. The predicted molar refractivity (Wildman–Crippen MR) is 65.4 cm³/mol. The molecule has 112 valence electrons. The van der Waals surface area contributed by atoms with Gasteiger partial charge in [-0.15, -0.1) is 0 Å². The molecular weight excluding hydrogens is 292 g/mol. The van der Waals surface area contributed by atoms with Crippen molar-refractivity contribution >= 4 is 5.97 Å². The molecular formula is C13H10F4N2O2. The van der Waals surface area contributed by atoms with Crippen LogP contribution < -0.4 is 0 Å². The molecule has 2 aromatic rings. The van der Waals surface area contributed by atoms with E-state index in [2.05, 4.69) is 5.10 Å². The molecule has 0 atom stereocenters. The van der Waals surface area contributed by atoms with E-state index in [1.165, 1.54) is 19.2 Å². The Morgan fingerprint density at radius 1 is 1.33 bits per heavy atom. The van der Waals surface area contributed by atoms with Crippen molar-refractivity contribution in [3.63, 3.8) is 0 Å². The number of aromatic carboxylic acids is 1. The highest BCUT2D eigenvalue weighted by Crippen LogP contribution is 2.25. The Bertz CT molecular complexity index is 669. The number of aromatic nitrogens is 2. The van der Waals surface area contributed by atoms with Crippen molar-refractivity contribution in [3.8, 4) is 11.1 Å². The molecule has 0 spiro atoms. The van der Waals surface area contributed by atoms with Crippen molar-refractivity contribution in [2.75, 3.05) is 0 Å². The third-order valence-electron chi connectivity index (χ3n) is 2.81. The van der Waals surface area contributed by atoms with E-state index in [9.17, 15) is 22.4 Å². The molecule has 2 rings (SSSR count). The molecule has 0 fully saturated rings. The molecule has 0 saturated heterocycles. The SMILES string of the molecule is Cc1cc(-c2cnn(CC(F)(F)F)c2)cc(F)c1C(=O)O. The number of hydrogen-bond donors (Lipinski definition) is 1. The lowest BCUT2D eigenvalue weighted by Gasteiger charge is -2.06. The first-order chi connectivity index (χ1) is 9.67. The zero-order valence-electron chi connectivity index (χ0n) is 10.8. The van der Waals surface area contributed by atoms with Gasteiger partial charge in [-0.2, -0.15) is 18.3 Å². The number of rotatable bonds is 3. The van der Waals surface area contributed by atoms with Crippen molar-refractivity contribution in [2.45, 2.75) is 19.6 Å². The standard InChI is InChI=1S/C13H10F4N2O2/c1-7-2-8(3-10(14)11(7)12(20)21)9-4-18-19(5-9)6-13(15,16)17/h2-5H,6H2,1H3,(H,20,21). The Morgan fingerprint density at radius 3 is 2.52 bits per heavy atom.